The van der Waals surface area contributed by atoms with Crippen LogP contribution in [-0.2, 0) is 0 Å². The van der Waals surface area contributed by atoms with E-state index in [-0.39, 0.29) is 7.33 Å². The second-order valence-corrected chi connectivity index (χ2v) is 4.84. The van der Waals surface area contributed by atoms with Crippen LogP contribution in [-0.4, -0.2) is 38.0 Å². The van der Waals surface area contributed by atoms with E-state index >= 15 is 0 Å². The summed E-state index contributed by atoms with van der Waals surface area (Å²) in [5.41, 5.74) is 1.94. The van der Waals surface area contributed by atoms with Gasteiger partial charge in [-0.3, -0.25) is 4.79 Å². The van der Waals surface area contributed by atoms with Crippen molar-refractivity contribution in [1.29, 1.82) is 0 Å². The van der Waals surface area contributed by atoms with Gasteiger partial charge in [-0.05, 0) is 37.7 Å². The van der Waals surface area contributed by atoms with E-state index in [1.165, 1.54) is 5.56 Å². The van der Waals surface area contributed by atoms with E-state index in [1.807, 2.05) is 37.2 Å². The van der Waals surface area contributed by atoms with E-state index in [9.17, 15) is 4.79 Å². The van der Waals surface area contributed by atoms with Crippen molar-refractivity contribution in [1.82, 2.24) is 10.2 Å². The number of hydrogen-bond donors (Lipinski definition) is 1. The lowest BCUT2D eigenvalue weighted by molar-refractivity contribution is 0.0951. The van der Waals surface area contributed by atoms with Gasteiger partial charge in [0.2, 0.25) is 0 Å². The minimum Gasteiger partial charge on any atom is -0.351 e. The van der Waals surface area contributed by atoms with Gasteiger partial charge in [-0.2, -0.15) is 0 Å². The van der Waals surface area contributed by atoms with Gasteiger partial charge in [0.25, 0.3) is 5.91 Å². The molecule has 0 aliphatic carbocycles. The fourth-order valence-corrected chi connectivity index (χ4v) is 1.53. The summed E-state index contributed by atoms with van der Waals surface area (Å²) in [6.07, 6.45) is 0. The first-order chi connectivity index (χ1) is 8.00. The highest BCUT2D eigenvalue weighted by molar-refractivity contribution is 5.94. The second-order valence-electron chi connectivity index (χ2n) is 4.84. The molecule has 0 bridgehead atoms. The monoisotopic (exact) mass is 236 g/mol. The van der Waals surface area contributed by atoms with Crippen LogP contribution in [0, 0.1) is 0 Å². The summed E-state index contributed by atoms with van der Waals surface area (Å²) in [5.74, 6) is 0.457. The van der Waals surface area contributed by atoms with Crippen LogP contribution in [0.4, 0.5) is 0 Å². The maximum absolute atomic E-state index is 11.9. The van der Waals surface area contributed by atoms with Crippen molar-refractivity contribution in [2.75, 3.05) is 27.2 Å². The largest absolute Gasteiger partial charge is 0.351 e. The molecule has 1 aromatic rings. The highest BCUT2D eigenvalue weighted by Gasteiger charge is 2.07. The average Bonchev–Trinajstić information content (AvgIpc) is 2.28. The van der Waals surface area contributed by atoms with Crippen LogP contribution >= 0.6 is 0 Å². The summed E-state index contributed by atoms with van der Waals surface area (Å²) in [4.78, 5) is 13.9. The summed E-state index contributed by atoms with van der Waals surface area (Å²) in [7, 11) is 3.98. The van der Waals surface area contributed by atoms with Gasteiger partial charge in [0.05, 0.1) is 0 Å². The molecule has 17 heavy (non-hydrogen) atoms. The summed E-state index contributed by atoms with van der Waals surface area (Å²) in [5, 5.41) is 2.92. The van der Waals surface area contributed by atoms with E-state index < -0.39 is 0 Å². The van der Waals surface area contributed by atoms with E-state index in [2.05, 4.69) is 25.2 Å². The average molecular weight is 236 g/mol. The lowest BCUT2D eigenvalue weighted by Crippen LogP contribution is -2.31. The first-order valence-electron chi connectivity index (χ1n) is 6.03. The maximum atomic E-state index is 11.9. The molecule has 0 spiro atoms. The third kappa shape index (κ3) is 4.57. The van der Waals surface area contributed by atoms with Crippen molar-refractivity contribution in [3.63, 3.8) is 0 Å². The number of benzene rings is 1. The van der Waals surface area contributed by atoms with Crippen LogP contribution < -0.4 is 5.32 Å². The van der Waals surface area contributed by atoms with Gasteiger partial charge in [0.1, 0.15) is 0 Å². The number of nitrogens with one attached hydrogen (secondary N) is 1. The van der Waals surface area contributed by atoms with Gasteiger partial charge in [-0.25, -0.2) is 0 Å². The quantitative estimate of drug-likeness (QED) is 0.851. The number of hydrogen-bond acceptors (Lipinski definition) is 2. The minimum absolute atomic E-state index is 0. The molecule has 0 atom stereocenters. The Hall–Kier alpha value is -1.35. The van der Waals surface area contributed by atoms with Crippen LogP contribution in [0.3, 0.4) is 0 Å². The van der Waals surface area contributed by atoms with Crippen LogP contribution in [0.5, 0.6) is 0 Å². The molecule has 3 heteroatoms. The van der Waals surface area contributed by atoms with Gasteiger partial charge in [0, 0.05) is 20.1 Å². The highest BCUT2D eigenvalue weighted by Crippen LogP contribution is 2.15. The SMILES string of the molecule is CC(C)c1cccc(C(=O)NCCN(C)C)c1.[HH]. The van der Waals surface area contributed by atoms with Crippen LogP contribution in [0.25, 0.3) is 0 Å². The number of nitrogens with zero attached hydrogens (tertiary/aromatic N) is 1. The van der Waals surface area contributed by atoms with Crippen molar-refractivity contribution in [2.24, 2.45) is 0 Å². The molecule has 0 fully saturated rings. The molecule has 1 N–H and O–H groups in total. The van der Waals surface area contributed by atoms with E-state index in [1.54, 1.807) is 0 Å². The molecule has 0 aliphatic heterocycles. The highest BCUT2D eigenvalue weighted by atomic mass is 16.1. The molecule has 0 aliphatic rings. The van der Waals surface area contributed by atoms with Gasteiger partial charge in [-0.1, -0.05) is 26.0 Å². The Kier molecular flexibility index (Phi) is 5.16. The van der Waals surface area contributed by atoms with Crippen LogP contribution in [0.1, 0.15) is 37.1 Å². The number of carbonyl (C=O) groups excluding carboxylic acids is 1. The molecular formula is C14H24N2O. The predicted molar refractivity (Wildman–Crippen MR) is 73.5 cm³/mol. The number of carbonyl (C=O) groups is 1. The van der Waals surface area contributed by atoms with E-state index in [0.717, 1.165) is 12.1 Å². The zero-order chi connectivity index (χ0) is 12.8. The molecular weight excluding hydrogens is 212 g/mol. The smallest absolute Gasteiger partial charge is 0.251 e. The first kappa shape index (κ1) is 13.7. The predicted octanol–water partition coefficient (Wildman–Crippen LogP) is 2.35. The van der Waals surface area contributed by atoms with E-state index in [4.69, 9.17) is 0 Å². The van der Waals surface area contributed by atoms with Crippen molar-refractivity contribution >= 4 is 5.91 Å². The first-order valence-corrected chi connectivity index (χ1v) is 6.03. The summed E-state index contributed by atoms with van der Waals surface area (Å²) in [6, 6.07) is 7.82. The van der Waals surface area contributed by atoms with Crippen LogP contribution in [0.15, 0.2) is 24.3 Å². The Balaban J connectivity index is 0.00000289. The third-order valence-corrected chi connectivity index (χ3v) is 2.66. The van der Waals surface area contributed by atoms with Crippen molar-refractivity contribution < 1.29 is 6.22 Å². The fourth-order valence-electron chi connectivity index (χ4n) is 1.53. The van der Waals surface area contributed by atoms with Gasteiger partial charge in [-0.15, -0.1) is 0 Å². The molecule has 96 valence electrons. The fraction of sp³-hybridized carbons (Fsp3) is 0.500. The normalized spacial score (nSPS) is 10.9. The molecule has 0 saturated heterocycles. The topological polar surface area (TPSA) is 32.3 Å². The Bertz CT molecular complexity index is 378. The number of likely N-dealkylation sites (N-methyl/N-ethyl adjacent to an activating group) is 1. The van der Waals surface area contributed by atoms with Gasteiger partial charge < -0.3 is 10.2 Å². The maximum Gasteiger partial charge on any atom is 0.251 e. The summed E-state index contributed by atoms with van der Waals surface area (Å²) < 4.78 is 0. The summed E-state index contributed by atoms with van der Waals surface area (Å²) >= 11 is 0. The molecule has 1 rings (SSSR count). The zero-order valence-electron chi connectivity index (χ0n) is 11.2. The Morgan fingerprint density at radius 2 is 2.12 bits per heavy atom. The molecule has 0 radical (unpaired) electrons. The lowest BCUT2D eigenvalue weighted by atomic mass is 10.0. The molecule has 1 aromatic carbocycles. The van der Waals surface area contributed by atoms with Crippen LogP contribution in [0.2, 0.25) is 0 Å². The Labute approximate surface area is 105 Å². The van der Waals surface area contributed by atoms with Crippen molar-refractivity contribution in [3.8, 4) is 0 Å². The second kappa shape index (κ2) is 6.40. The Morgan fingerprint density at radius 3 is 2.71 bits per heavy atom. The molecule has 0 aromatic heterocycles. The van der Waals surface area contributed by atoms with Crippen molar-refractivity contribution in [3.05, 3.63) is 35.4 Å². The summed E-state index contributed by atoms with van der Waals surface area (Å²) in [6.45, 7) is 5.79. The van der Waals surface area contributed by atoms with Crippen molar-refractivity contribution in [2.45, 2.75) is 19.8 Å². The molecule has 0 saturated carbocycles. The Morgan fingerprint density at radius 1 is 1.41 bits per heavy atom. The molecule has 0 heterocycles. The molecule has 1 amide bonds. The zero-order valence-corrected chi connectivity index (χ0v) is 11.2. The van der Waals surface area contributed by atoms with E-state index in [0.29, 0.717) is 12.5 Å². The van der Waals surface area contributed by atoms with Gasteiger partial charge >= 0.3 is 0 Å². The third-order valence-electron chi connectivity index (χ3n) is 2.66. The lowest BCUT2D eigenvalue weighted by Gasteiger charge is -2.11. The van der Waals surface area contributed by atoms with Gasteiger partial charge in [0.15, 0.2) is 0 Å². The molecule has 3 nitrogen and oxygen atoms in total. The number of amides is 1. The number of rotatable bonds is 5. The molecule has 0 unspecified atom stereocenters. The minimum atomic E-state index is 0. The standard InChI is InChI=1S/C14H22N2O.H2/c1-11(2)12-6-5-7-13(10-12)14(17)15-8-9-16(3)4;/h5-7,10-11H,8-9H2,1-4H3,(H,15,17);1H.